The molecule has 0 aliphatic rings. The van der Waals surface area contributed by atoms with Gasteiger partial charge in [0.2, 0.25) is 17.6 Å². The highest BCUT2D eigenvalue weighted by Gasteiger charge is 2.42. The number of nitrogens with two attached hydrogens (primary N) is 2. The van der Waals surface area contributed by atoms with Crippen molar-refractivity contribution >= 4 is 34.9 Å². The first-order valence-electron chi connectivity index (χ1n) is 19.0. The maximum absolute atomic E-state index is 13.4. The summed E-state index contributed by atoms with van der Waals surface area (Å²) >= 11 is 0. The van der Waals surface area contributed by atoms with Crippen molar-refractivity contribution in [3.05, 3.63) is 59.7 Å². The van der Waals surface area contributed by atoms with Crippen molar-refractivity contribution < 1.29 is 47.0 Å². The summed E-state index contributed by atoms with van der Waals surface area (Å²) in [5.74, 6) is -8.92. The van der Waals surface area contributed by atoms with Gasteiger partial charge in [0, 0.05) is 42.6 Å². The molecule has 2 amide bonds. The van der Waals surface area contributed by atoms with Crippen LogP contribution in [0.5, 0.6) is 0 Å². The van der Waals surface area contributed by atoms with Gasteiger partial charge in [0.25, 0.3) is 0 Å². The Morgan fingerprint density at radius 3 is 1.82 bits per heavy atom. The summed E-state index contributed by atoms with van der Waals surface area (Å²) in [6.07, 6.45) is -3.68. The van der Waals surface area contributed by atoms with Crippen molar-refractivity contribution in [1.82, 2.24) is 10.6 Å². The number of alkyl halides is 3. The summed E-state index contributed by atoms with van der Waals surface area (Å²) in [5, 5.41) is 15.5. The molecule has 0 saturated heterocycles. The number of halogens is 3. The number of aliphatic hydroxyl groups is 1. The number of aliphatic hydroxyl groups excluding tert-OH is 1. The van der Waals surface area contributed by atoms with Gasteiger partial charge < -0.3 is 27.2 Å². The van der Waals surface area contributed by atoms with Crippen molar-refractivity contribution in [3.8, 4) is 11.1 Å². The van der Waals surface area contributed by atoms with Gasteiger partial charge in [-0.3, -0.25) is 28.8 Å². The Morgan fingerprint density at radius 1 is 0.709 bits per heavy atom. The minimum atomic E-state index is -5.11. The van der Waals surface area contributed by atoms with E-state index < -0.39 is 84.1 Å². The highest BCUT2D eigenvalue weighted by Crippen LogP contribution is 2.25. The maximum atomic E-state index is 13.4. The van der Waals surface area contributed by atoms with Crippen molar-refractivity contribution in [3.63, 3.8) is 0 Å². The van der Waals surface area contributed by atoms with E-state index in [1.165, 1.54) is 19.4 Å². The van der Waals surface area contributed by atoms with Gasteiger partial charge in [-0.05, 0) is 75.2 Å². The molecule has 0 spiro atoms. The SMILES string of the molecule is CCCCc1ccc(-c2ccc(C(=O)C[C@@H](CCN)C(=O)N[C@H](C(=O)C[C@@H](C)C(=O)N[C@@H](CCCCN)C(=O)C[C@@H](C)C(=O)C(F)(F)F)[C@@H](C)O)cc2)cc1. The second-order valence-electron chi connectivity index (χ2n) is 14.4. The molecular formula is C41H57F3N4O7. The molecule has 0 unspecified atom stereocenters. The number of carbonyl (C=O) groups excluding carboxylic acids is 6. The molecule has 0 aliphatic heterocycles. The summed E-state index contributed by atoms with van der Waals surface area (Å²) in [6.45, 7) is 6.14. The molecular weight excluding hydrogens is 717 g/mol. The van der Waals surface area contributed by atoms with Crippen molar-refractivity contribution in [2.75, 3.05) is 13.1 Å². The van der Waals surface area contributed by atoms with Gasteiger partial charge in [-0.15, -0.1) is 0 Å². The Labute approximate surface area is 321 Å². The smallest absolute Gasteiger partial charge is 0.391 e. The number of ketones is 4. The standard InChI is InChI=1S/C41H57F3N4O7/c1-5-6-9-28-11-13-29(14-12-28)30-15-17-31(18-16-30)34(50)24-32(19-21-46)40(55)48-37(27(4)49)36(52)23-26(3)39(54)47-33(10-7-8-20-45)35(51)22-25(2)38(53)41(42,43)44/h11-18,25-27,32-33,37,49H,5-10,19-24,45-46H2,1-4H3,(H,47,54)(H,48,55)/t25-,26-,27-,32-,33+,37+/m1/s1. The summed E-state index contributed by atoms with van der Waals surface area (Å²) in [6, 6.07) is 12.6. The number of benzene rings is 2. The molecule has 2 aromatic carbocycles. The molecule has 2 aromatic rings. The summed E-state index contributed by atoms with van der Waals surface area (Å²) in [7, 11) is 0. The predicted molar refractivity (Wildman–Crippen MR) is 204 cm³/mol. The van der Waals surface area contributed by atoms with Crippen LogP contribution in [0.4, 0.5) is 13.2 Å². The number of hydrogen-bond donors (Lipinski definition) is 5. The van der Waals surface area contributed by atoms with E-state index in [0.717, 1.165) is 37.3 Å². The molecule has 0 aromatic heterocycles. The fraction of sp³-hybridized carbons (Fsp3) is 0.561. The van der Waals surface area contributed by atoms with Crippen molar-refractivity contribution in [1.29, 1.82) is 0 Å². The van der Waals surface area contributed by atoms with Gasteiger partial charge >= 0.3 is 6.18 Å². The van der Waals surface area contributed by atoms with Crippen LogP contribution in [0.25, 0.3) is 11.1 Å². The Morgan fingerprint density at radius 2 is 1.29 bits per heavy atom. The molecule has 11 nitrogen and oxygen atoms in total. The Kier molecular flexibility index (Phi) is 19.6. The van der Waals surface area contributed by atoms with Gasteiger partial charge in [-0.2, -0.15) is 13.2 Å². The molecule has 304 valence electrons. The molecule has 0 heterocycles. The quantitative estimate of drug-likeness (QED) is 0.0678. The van der Waals surface area contributed by atoms with Crippen LogP contribution in [0.1, 0.15) is 101 Å². The summed E-state index contributed by atoms with van der Waals surface area (Å²) in [4.78, 5) is 77.7. The zero-order chi connectivity index (χ0) is 41.3. The first-order valence-corrected chi connectivity index (χ1v) is 19.0. The van der Waals surface area contributed by atoms with Gasteiger partial charge in [0.15, 0.2) is 17.3 Å². The van der Waals surface area contributed by atoms with Gasteiger partial charge in [-0.1, -0.05) is 75.7 Å². The molecule has 0 fully saturated rings. The van der Waals surface area contributed by atoms with E-state index in [1.54, 1.807) is 12.1 Å². The third kappa shape index (κ3) is 15.4. The Hall–Kier alpha value is -4.27. The summed E-state index contributed by atoms with van der Waals surface area (Å²) < 4.78 is 38.7. The molecule has 55 heavy (non-hydrogen) atoms. The monoisotopic (exact) mass is 774 g/mol. The van der Waals surface area contributed by atoms with Crippen molar-refractivity contribution in [2.24, 2.45) is 29.2 Å². The van der Waals surface area contributed by atoms with Crippen LogP contribution in [0.2, 0.25) is 0 Å². The average Bonchev–Trinajstić information content (AvgIpc) is 3.14. The average molecular weight is 775 g/mol. The molecule has 0 radical (unpaired) electrons. The summed E-state index contributed by atoms with van der Waals surface area (Å²) in [5.41, 5.74) is 14.9. The van der Waals surface area contributed by atoms with E-state index in [9.17, 15) is 47.0 Å². The largest absolute Gasteiger partial charge is 0.450 e. The van der Waals surface area contributed by atoms with Gasteiger partial charge in [0.1, 0.15) is 6.04 Å². The number of Topliss-reactive ketones (excluding diaryl/α,β-unsaturated/α-hetero) is 4. The minimum Gasteiger partial charge on any atom is -0.391 e. The normalized spacial score (nSPS) is 14.9. The van der Waals surface area contributed by atoms with E-state index in [1.807, 2.05) is 24.3 Å². The lowest BCUT2D eigenvalue weighted by Gasteiger charge is -2.25. The lowest BCUT2D eigenvalue weighted by atomic mass is 9.91. The Balaban J connectivity index is 2.08. The van der Waals surface area contributed by atoms with Crippen LogP contribution in [-0.2, 0) is 30.4 Å². The third-order valence-corrected chi connectivity index (χ3v) is 9.60. The maximum Gasteiger partial charge on any atom is 0.450 e. The number of aryl methyl sites for hydroxylation is 1. The van der Waals surface area contributed by atoms with Crippen LogP contribution in [0.3, 0.4) is 0 Å². The van der Waals surface area contributed by atoms with Crippen LogP contribution < -0.4 is 22.1 Å². The van der Waals surface area contributed by atoms with Crippen LogP contribution in [-0.4, -0.2) is 77.5 Å². The fourth-order valence-corrected chi connectivity index (χ4v) is 6.16. The zero-order valence-corrected chi connectivity index (χ0v) is 32.3. The van der Waals surface area contributed by atoms with Crippen LogP contribution >= 0.6 is 0 Å². The number of nitrogens with one attached hydrogen (secondary N) is 2. The van der Waals surface area contributed by atoms with Crippen molar-refractivity contribution in [2.45, 2.75) is 116 Å². The van der Waals surface area contributed by atoms with Gasteiger partial charge in [0.05, 0.1) is 12.1 Å². The molecule has 0 aliphatic carbocycles. The van der Waals surface area contributed by atoms with E-state index in [4.69, 9.17) is 11.5 Å². The lowest BCUT2D eigenvalue weighted by Crippen LogP contribution is -2.51. The highest BCUT2D eigenvalue weighted by atomic mass is 19.4. The fourth-order valence-electron chi connectivity index (χ4n) is 6.16. The van der Waals surface area contributed by atoms with Crippen LogP contribution in [0.15, 0.2) is 48.5 Å². The number of carbonyl (C=O) groups is 6. The minimum absolute atomic E-state index is 0.0557. The molecule has 0 saturated carbocycles. The van der Waals surface area contributed by atoms with E-state index in [0.29, 0.717) is 18.4 Å². The number of amides is 2. The molecule has 6 atom stereocenters. The second-order valence-corrected chi connectivity index (χ2v) is 14.4. The number of rotatable bonds is 25. The van der Waals surface area contributed by atoms with E-state index in [-0.39, 0.29) is 38.1 Å². The van der Waals surface area contributed by atoms with E-state index >= 15 is 0 Å². The van der Waals surface area contributed by atoms with Crippen LogP contribution in [0, 0.1) is 17.8 Å². The van der Waals surface area contributed by atoms with Gasteiger partial charge in [-0.25, -0.2) is 0 Å². The lowest BCUT2D eigenvalue weighted by molar-refractivity contribution is -0.175. The first-order chi connectivity index (χ1) is 25.9. The second kappa shape index (κ2) is 23.0. The third-order valence-electron chi connectivity index (χ3n) is 9.60. The zero-order valence-electron chi connectivity index (χ0n) is 32.3. The Bertz CT molecular complexity index is 1580. The molecule has 0 bridgehead atoms. The molecule has 14 heteroatoms. The first kappa shape index (κ1) is 46.9. The topological polar surface area (TPSA) is 199 Å². The highest BCUT2D eigenvalue weighted by molar-refractivity contribution is 6.00. The number of hydrogen-bond acceptors (Lipinski definition) is 9. The predicted octanol–water partition coefficient (Wildman–Crippen LogP) is 5.04. The molecule has 2 rings (SSSR count). The molecule has 7 N–H and O–H groups in total. The number of unbranched alkanes of at least 4 members (excludes halogenated alkanes) is 2. The van der Waals surface area contributed by atoms with E-state index in [2.05, 4.69) is 29.7 Å².